The lowest BCUT2D eigenvalue weighted by atomic mass is 9.92. The van der Waals surface area contributed by atoms with Crippen molar-refractivity contribution < 1.29 is 13.6 Å². The summed E-state index contributed by atoms with van der Waals surface area (Å²) in [4.78, 5) is 12.8. The maximum absolute atomic E-state index is 13.4. The molecule has 1 fully saturated rings. The van der Waals surface area contributed by atoms with E-state index >= 15 is 0 Å². The molecule has 2 heterocycles. The first-order valence-corrected chi connectivity index (χ1v) is 9.55. The summed E-state index contributed by atoms with van der Waals surface area (Å²) in [5, 5.41) is 15.0. The van der Waals surface area contributed by atoms with E-state index in [1.165, 1.54) is 0 Å². The number of benzene rings is 1. The Balaban J connectivity index is 1.65. The molecule has 1 aliphatic rings. The maximum atomic E-state index is 13.4. The van der Waals surface area contributed by atoms with Gasteiger partial charge >= 0.3 is 0 Å². The minimum absolute atomic E-state index is 0.188. The van der Waals surface area contributed by atoms with Crippen molar-refractivity contribution in [2.45, 2.75) is 51.0 Å². The molecule has 0 unspecified atom stereocenters. The second kappa shape index (κ2) is 7.00. The van der Waals surface area contributed by atoms with E-state index in [0.717, 1.165) is 34.0 Å². The Labute approximate surface area is 161 Å². The van der Waals surface area contributed by atoms with Gasteiger partial charge in [0.1, 0.15) is 5.69 Å². The molecule has 0 spiro atoms. The second-order valence-corrected chi connectivity index (χ2v) is 7.49. The number of aryl methyl sites for hydroxylation is 2. The third kappa shape index (κ3) is 3.50. The number of hydrogen-bond donors (Lipinski definition) is 2. The van der Waals surface area contributed by atoms with Crippen LogP contribution < -0.4 is 5.32 Å². The maximum Gasteiger partial charge on any atom is 0.270 e. The van der Waals surface area contributed by atoms with E-state index in [9.17, 15) is 13.6 Å². The van der Waals surface area contributed by atoms with Crippen molar-refractivity contribution in [2.75, 3.05) is 0 Å². The quantitative estimate of drug-likeness (QED) is 0.714. The number of aromatic nitrogens is 4. The number of nitrogens with zero attached hydrogens (tertiary/aromatic N) is 3. The third-order valence-corrected chi connectivity index (χ3v) is 5.44. The molecule has 1 saturated carbocycles. The molecular weight excluding hydrogens is 364 g/mol. The standard InChI is InChI=1S/C20H23F2N5O/c1-3-12-8-13(14-10-23-27(2)11-14)9-16-17(12)25-26-18(16)19(28)24-15-4-6-20(21,22)7-5-15/h8-11,15H,3-7H2,1-2H3,(H,24,28)(H,25,26). The first kappa shape index (κ1) is 18.6. The Kier molecular flexibility index (Phi) is 4.64. The highest BCUT2D eigenvalue weighted by Crippen LogP contribution is 2.33. The average molecular weight is 387 g/mol. The molecule has 3 aromatic rings. The molecule has 8 heteroatoms. The summed E-state index contributed by atoms with van der Waals surface area (Å²) >= 11 is 0. The lowest BCUT2D eigenvalue weighted by Crippen LogP contribution is -2.40. The van der Waals surface area contributed by atoms with Crippen molar-refractivity contribution >= 4 is 16.8 Å². The number of fused-ring (bicyclic) bond motifs is 1. The van der Waals surface area contributed by atoms with Crippen molar-refractivity contribution in [3.63, 3.8) is 0 Å². The van der Waals surface area contributed by atoms with Crippen LogP contribution in [0.25, 0.3) is 22.0 Å². The van der Waals surface area contributed by atoms with Crippen molar-refractivity contribution in [1.82, 2.24) is 25.3 Å². The number of nitrogens with one attached hydrogen (secondary N) is 2. The summed E-state index contributed by atoms with van der Waals surface area (Å²) in [6, 6.07) is 3.75. The molecule has 0 atom stereocenters. The third-order valence-electron chi connectivity index (χ3n) is 5.44. The predicted molar refractivity (Wildman–Crippen MR) is 102 cm³/mol. The van der Waals surface area contributed by atoms with E-state index in [2.05, 4.69) is 26.7 Å². The minimum atomic E-state index is -2.61. The van der Waals surface area contributed by atoms with Crippen LogP contribution in [-0.2, 0) is 13.5 Å². The fourth-order valence-electron chi connectivity index (χ4n) is 3.81. The van der Waals surface area contributed by atoms with E-state index in [-0.39, 0.29) is 37.6 Å². The van der Waals surface area contributed by atoms with E-state index in [4.69, 9.17) is 0 Å². The molecule has 0 aliphatic heterocycles. The number of carbonyl (C=O) groups excluding carboxylic acids is 1. The molecule has 1 amide bonds. The van der Waals surface area contributed by atoms with Gasteiger partial charge in [0.25, 0.3) is 5.91 Å². The number of hydrogen-bond acceptors (Lipinski definition) is 3. The minimum Gasteiger partial charge on any atom is -0.348 e. The average Bonchev–Trinajstić information content (AvgIpc) is 3.28. The van der Waals surface area contributed by atoms with Crippen LogP contribution in [0, 0.1) is 0 Å². The van der Waals surface area contributed by atoms with Crippen molar-refractivity contribution in [2.24, 2.45) is 7.05 Å². The molecule has 2 N–H and O–H groups in total. The van der Waals surface area contributed by atoms with Crippen LogP contribution >= 0.6 is 0 Å². The van der Waals surface area contributed by atoms with Crippen LogP contribution in [0.5, 0.6) is 0 Å². The molecule has 1 aromatic carbocycles. The number of alkyl halides is 2. The summed E-state index contributed by atoms with van der Waals surface area (Å²) in [5.74, 6) is -2.92. The van der Waals surface area contributed by atoms with Crippen LogP contribution in [0.1, 0.15) is 48.7 Å². The van der Waals surface area contributed by atoms with E-state index in [1.807, 2.05) is 26.2 Å². The van der Waals surface area contributed by atoms with Crippen molar-refractivity contribution in [3.05, 3.63) is 35.8 Å². The van der Waals surface area contributed by atoms with Crippen LogP contribution in [-0.4, -0.2) is 37.8 Å². The molecule has 2 aromatic heterocycles. The first-order valence-electron chi connectivity index (χ1n) is 9.55. The molecule has 4 rings (SSSR count). The second-order valence-electron chi connectivity index (χ2n) is 7.49. The van der Waals surface area contributed by atoms with E-state index < -0.39 is 5.92 Å². The van der Waals surface area contributed by atoms with Gasteiger partial charge in [-0.3, -0.25) is 14.6 Å². The highest BCUT2D eigenvalue weighted by Gasteiger charge is 2.35. The lowest BCUT2D eigenvalue weighted by Gasteiger charge is -2.28. The van der Waals surface area contributed by atoms with Gasteiger partial charge in [-0.15, -0.1) is 0 Å². The van der Waals surface area contributed by atoms with E-state index in [1.54, 1.807) is 10.9 Å². The Morgan fingerprint density at radius 1 is 1.32 bits per heavy atom. The van der Waals surface area contributed by atoms with Gasteiger partial charge in [0, 0.05) is 43.1 Å². The summed E-state index contributed by atoms with van der Waals surface area (Å²) in [6.45, 7) is 2.04. The zero-order valence-electron chi connectivity index (χ0n) is 15.9. The van der Waals surface area contributed by atoms with Crippen LogP contribution in [0.3, 0.4) is 0 Å². The molecule has 6 nitrogen and oxygen atoms in total. The number of carbonyl (C=O) groups is 1. The Hall–Kier alpha value is -2.77. The van der Waals surface area contributed by atoms with Gasteiger partial charge in [0.05, 0.1) is 11.7 Å². The molecule has 0 radical (unpaired) electrons. The zero-order chi connectivity index (χ0) is 19.9. The first-order chi connectivity index (χ1) is 13.4. The number of rotatable bonds is 4. The topological polar surface area (TPSA) is 75.6 Å². The monoisotopic (exact) mass is 387 g/mol. The molecule has 1 aliphatic carbocycles. The van der Waals surface area contributed by atoms with Gasteiger partial charge in [-0.25, -0.2) is 8.78 Å². The Morgan fingerprint density at radius 3 is 2.71 bits per heavy atom. The van der Waals surface area contributed by atoms with Gasteiger partial charge in [-0.1, -0.05) is 6.92 Å². The highest BCUT2D eigenvalue weighted by molar-refractivity contribution is 6.06. The molecule has 0 bridgehead atoms. The van der Waals surface area contributed by atoms with Gasteiger partial charge in [0.2, 0.25) is 5.92 Å². The van der Waals surface area contributed by atoms with Gasteiger partial charge in [-0.2, -0.15) is 10.2 Å². The molecular formula is C20H23F2N5O. The molecule has 28 heavy (non-hydrogen) atoms. The summed E-state index contributed by atoms with van der Waals surface area (Å²) in [6.07, 6.45) is 4.66. The molecule has 0 saturated heterocycles. The summed E-state index contributed by atoms with van der Waals surface area (Å²) in [7, 11) is 1.85. The Morgan fingerprint density at radius 2 is 2.07 bits per heavy atom. The van der Waals surface area contributed by atoms with Gasteiger partial charge in [-0.05, 0) is 42.5 Å². The SMILES string of the molecule is CCc1cc(-c2cnn(C)c2)cc2c(C(=O)NC3CCC(F)(F)CC3)[nH]nc12. The number of halogens is 2. The summed E-state index contributed by atoms with van der Waals surface area (Å²) < 4.78 is 28.4. The Bertz CT molecular complexity index is 1010. The predicted octanol–water partition coefficient (Wildman–Crippen LogP) is 3.83. The number of H-pyrrole nitrogens is 1. The fraction of sp³-hybridized carbons (Fsp3) is 0.450. The lowest BCUT2D eigenvalue weighted by molar-refractivity contribution is -0.0399. The highest BCUT2D eigenvalue weighted by atomic mass is 19.3. The molecule has 148 valence electrons. The van der Waals surface area contributed by atoms with Gasteiger partial charge < -0.3 is 5.32 Å². The largest absolute Gasteiger partial charge is 0.348 e. The van der Waals surface area contributed by atoms with Crippen molar-refractivity contribution in [1.29, 1.82) is 0 Å². The summed E-state index contributed by atoms with van der Waals surface area (Å²) in [5.41, 5.74) is 4.08. The van der Waals surface area contributed by atoms with Crippen LogP contribution in [0.2, 0.25) is 0 Å². The number of aromatic amines is 1. The zero-order valence-corrected chi connectivity index (χ0v) is 15.9. The number of amides is 1. The van der Waals surface area contributed by atoms with Gasteiger partial charge in [0.15, 0.2) is 0 Å². The van der Waals surface area contributed by atoms with Crippen molar-refractivity contribution in [3.8, 4) is 11.1 Å². The van der Waals surface area contributed by atoms with Crippen LogP contribution in [0.15, 0.2) is 24.5 Å². The smallest absolute Gasteiger partial charge is 0.270 e. The van der Waals surface area contributed by atoms with E-state index in [0.29, 0.717) is 5.69 Å². The van der Waals surface area contributed by atoms with Crippen LogP contribution in [0.4, 0.5) is 8.78 Å². The fourth-order valence-corrected chi connectivity index (χ4v) is 3.81. The normalized spacial score (nSPS) is 17.1.